The largest absolute Gasteiger partial charge is 0.495 e. The highest BCUT2D eigenvalue weighted by Crippen LogP contribution is 2.34. The lowest BCUT2D eigenvalue weighted by Crippen LogP contribution is -2.20. The number of anilines is 3. The zero-order valence-electron chi connectivity index (χ0n) is 21.1. The van der Waals surface area contributed by atoms with Crippen molar-refractivity contribution in [3.63, 3.8) is 0 Å². The molecule has 0 bridgehead atoms. The Morgan fingerprint density at radius 3 is 2.17 bits per heavy atom. The van der Waals surface area contributed by atoms with Gasteiger partial charge in [0, 0.05) is 24.1 Å². The molecular weight excluding hydrogens is 452 g/mol. The third kappa shape index (κ3) is 5.46. The van der Waals surface area contributed by atoms with Gasteiger partial charge in [-0.15, -0.1) is 0 Å². The van der Waals surface area contributed by atoms with E-state index in [0.717, 1.165) is 27.5 Å². The molecular formula is C29H30N4O3. The summed E-state index contributed by atoms with van der Waals surface area (Å²) < 4.78 is 5.53. The fraction of sp³-hybridized carbons (Fsp3) is 0.207. The van der Waals surface area contributed by atoms with Crippen LogP contribution in [-0.2, 0) is 10.2 Å². The third-order valence-corrected chi connectivity index (χ3v) is 5.87. The highest BCUT2D eigenvalue weighted by Gasteiger charge is 2.17. The summed E-state index contributed by atoms with van der Waals surface area (Å²) in [5, 5.41) is 10.4. The van der Waals surface area contributed by atoms with E-state index in [-0.39, 0.29) is 17.4 Å². The number of urea groups is 1. The normalized spacial score (nSPS) is 11.1. The minimum absolute atomic E-state index is 0.0332. The van der Waals surface area contributed by atoms with Crippen molar-refractivity contribution in [3.05, 3.63) is 78.5 Å². The maximum absolute atomic E-state index is 12.9. The van der Waals surface area contributed by atoms with Gasteiger partial charge in [-0.05, 0) is 52.3 Å². The van der Waals surface area contributed by atoms with Gasteiger partial charge in [-0.2, -0.15) is 0 Å². The predicted octanol–water partition coefficient (Wildman–Crippen LogP) is 6.81. The first kappa shape index (κ1) is 24.7. The van der Waals surface area contributed by atoms with Gasteiger partial charge >= 0.3 is 6.03 Å². The molecule has 1 heterocycles. The molecule has 0 radical (unpaired) electrons. The van der Waals surface area contributed by atoms with Gasteiger partial charge in [0.1, 0.15) is 11.6 Å². The van der Waals surface area contributed by atoms with Crippen LogP contribution < -0.4 is 20.7 Å². The molecule has 0 unspecified atom stereocenters. The standard InChI is InChI=1S/C29H30N4O3/c1-18(34)31-27-15-10-19(17-30-27)21-12-14-24(23-9-7-6-8-22(21)23)32-28(35)33-25-13-11-20(29(2,3)4)16-26(25)36-5/h6-17H,1-5H3,(H,30,31,34)(H2,32,33,35). The summed E-state index contributed by atoms with van der Waals surface area (Å²) in [6.07, 6.45) is 1.72. The SMILES string of the molecule is COc1cc(C(C)(C)C)ccc1NC(=O)Nc1ccc(-c2ccc(NC(C)=O)nc2)c2ccccc12. The van der Waals surface area contributed by atoms with Gasteiger partial charge < -0.3 is 20.7 Å². The lowest BCUT2D eigenvalue weighted by Gasteiger charge is -2.21. The number of carbonyl (C=O) groups is 2. The summed E-state index contributed by atoms with van der Waals surface area (Å²) >= 11 is 0. The predicted molar refractivity (Wildman–Crippen MR) is 146 cm³/mol. The molecule has 3 amide bonds. The second-order valence-electron chi connectivity index (χ2n) is 9.56. The second kappa shape index (κ2) is 10.1. The average molecular weight is 483 g/mol. The summed E-state index contributed by atoms with van der Waals surface area (Å²) in [6.45, 7) is 7.83. The Morgan fingerprint density at radius 2 is 1.53 bits per heavy atom. The number of hydrogen-bond acceptors (Lipinski definition) is 4. The minimum Gasteiger partial charge on any atom is -0.495 e. The number of nitrogens with zero attached hydrogens (tertiary/aromatic N) is 1. The molecule has 7 nitrogen and oxygen atoms in total. The summed E-state index contributed by atoms with van der Waals surface area (Å²) in [5.41, 5.74) is 4.23. The van der Waals surface area contributed by atoms with Crippen LogP contribution >= 0.6 is 0 Å². The lowest BCUT2D eigenvalue weighted by molar-refractivity contribution is -0.114. The van der Waals surface area contributed by atoms with Crippen LogP contribution in [0.2, 0.25) is 0 Å². The van der Waals surface area contributed by atoms with E-state index in [1.54, 1.807) is 19.4 Å². The molecule has 4 aromatic rings. The number of hydrogen-bond donors (Lipinski definition) is 3. The van der Waals surface area contributed by atoms with Crippen molar-refractivity contribution in [2.75, 3.05) is 23.1 Å². The van der Waals surface area contributed by atoms with E-state index >= 15 is 0 Å². The molecule has 3 N–H and O–H groups in total. The molecule has 0 fully saturated rings. The number of pyridine rings is 1. The number of nitrogens with one attached hydrogen (secondary N) is 3. The second-order valence-corrected chi connectivity index (χ2v) is 9.56. The number of aromatic nitrogens is 1. The van der Waals surface area contributed by atoms with Crippen LogP contribution in [0.1, 0.15) is 33.3 Å². The Morgan fingerprint density at radius 1 is 0.833 bits per heavy atom. The van der Waals surface area contributed by atoms with Gasteiger partial charge in [-0.25, -0.2) is 9.78 Å². The maximum atomic E-state index is 12.9. The summed E-state index contributed by atoms with van der Waals surface area (Å²) in [5.74, 6) is 0.932. The Hall–Kier alpha value is -4.39. The highest BCUT2D eigenvalue weighted by molar-refractivity contribution is 6.10. The van der Waals surface area contributed by atoms with Crippen LogP contribution in [0.15, 0.2) is 72.9 Å². The first-order valence-electron chi connectivity index (χ1n) is 11.7. The first-order valence-corrected chi connectivity index (χ1v) is 11.7. The van der Waals surface area contributed by atoms with Crippen molar-refractivity contribution >= 4 is 39.9 Å². The number of amides is 3. The van der Waals surface area contributed by atoms with Crippen molar-refractivity contribution in [2.24, 2.45) is 0 Å². The zero-order valence-corrected chi connectivity index (χ0v) is 21.1. The molecule has 7 heteroatoms. The van der Waals surface area contributed by atoms with Crippen molar-refractivity contribution < 1.29 is 14.3 Å². The summed E-state index contributed by atoms with van der Waals surface area (Å²) in [4.78, 5) is 28.5. The minimum atomic E-state index is -0.365. The van der Waals surface area contributed by atoms with E-state index in [2.05, 4.69) is 41.7 Å². The molecule has 0 aliphatic heterocycles. The van der Waals surface area contributed by atoms with Crippen LogP contribution in [0.3, 0.4) is 0 Å². The molecule has 1 aromatic heterocycles. The van der Waals surface area contributed by atoms with E-state index < -0.39 is 0 Å². The van der Waals surface area contributed by atoms with Crippen LogP contribution in [0.4, 0.5) is 22.0 Å². The molecule has 4 rings (SSSR count). The quantitative estimate of drug-likeness (QED) is 0.291. The van der Waals surface area contributed by atoms with Gasteiger partial charge in [0.25, 0.3) is 0 Å². The number of fused-ring (bicyclic) bond motifs is 1. The molecule has 184 valence electrons. The number of benzene rings is 3. The molecule has 36 heavy (non-hydrogen) atoms. The van der Waals surface area contributed by atoms with E-state index in [4.69, 9.17) is 4.74 Å². The van der Waals surface area contributed by atoms with Crippen molar-refractivity contribution in [2.45, 2.75) is 33.1 Å². The van der Waals surface area contributed by atoms with Gasteiger partial charge in [0.15, 0.2) is 0 Å². The topological polar surface area (TPSA) is 92.4 Å². The first-order chi connectivity index (χ1) is 17.2. The number of methoxy groups -OCH3 is 1. The smallest absolute Gasteiger partial charge is 0.323 e. The summed E-state index contributed by atoms with van der Waals surface area (Å²) in [6, 6.07) is 20.8. The Balaban J connectivity index is 1.59. The third-order valence-electron chi connectivity index (χ3n) is 5.87. The number of carbonyl (C=O) groups excluding carboxylic acids is 2. The number of rotatable bonds is 5. The summed E-state index contributed by atoms with van der Waals surface area (Å²) in [7, 11) is 1.59. The zero-order chi connectivity index (χ0) is 25.9. The van der Waals surface area contributed by atoms with E-state index in [1.165, 1.54) is 6.92 Å². The number of ether oxygens (including phenoxy) is 1. The van der Waals surface area contributed by atoms with Crippen molar-refractivity contribution in [1.29, 1.82) is 0 Å². The van der Waals surface area contributed by atoms with Gasteiger partial charge in [-0.1, -0.05) is 57.2 Å². The maximum Gasteiger partial charge on any atom is 0.323 e. The Kier molecular flexibility index (Phi) is 6.92. The molecule has 0 saturated heterocycles. The van der Waals surface area contributed by atoms with Gasteiger partial charge in [-0.3, -0.25) is 4.79 Å². The monoisotopic (exact) mass is 482 g/mol. The molecule has 0 spiro atoms. The fourth-order valence-corrected chi connectivity index (χ4v) is 4.00. The molecule has 0 aliphatic rings. The van der Waals surface area contributed by atoms with Gasteiger partial charge in [0.2, 0.25) is 5.91 Å². The average Bonchev–Trinajstić information content (AvgIpc) is 2.84. The highest BCUT2D eigenvalue weighted by atomic mass is 16.5. The van der Waals surface area contributed by atoms with E-state index in [9.17, 15) is 9.59 Å². The van der Waals surface area contributed by atoms with Crippen LogP contribution in [0.5, 0.6) is 5.75 Å². The van der Waals surface area contributed by atoms with Crippen LogP contribution in [0.25, 0.3) is 21.9 Å². The van der Waals surface area contributed by atoms with Crippen LogP contribution in [0, 0.1) is 0 Å². The van der Waals surface area contributed by atoms with E-state index in [1.807, 2.05) is 60.7 Å². The molecule has 3 aromatic carbocycles. The fourth-order valence-electron chi connectivity index (χ4n) is 4.00. The molecule has 0 atom stereocenters. The Labute approximate surface area is 210 Å². The molecule has 0 aliphatic carbocycles. The Bertz CT molecular complexity index is 1420. The van der Waals surface area contributed by atoms with E-state index in [0.29, 0.717) is 22.9 Å². The van der Waals surface area contributed by atoms with Crippen LogP contribution in [-0.4, -0.2) is 24.0 Å². The van der Waals surface area contributed by atoms with Crippen molar-refractivity contribution in [1.82, 2.24) is 4.98 Å². The molecule has 0 saturated carbocycles. The van der Waals surface area contributed by atoms with Gasteiger partial charge in [0.05, 0.1) is 18.5 Å². The van der Waals surface area contributed by atoms with Crippen molar-refractivity contribution in [3.8, 4) is 16.9 Å². The lowest BCUT2D eigenvalue weighted by atomic mass is 9.87.